The molecule has 10 heteroatoms. The minimum Gasteiger partial charge on any atom is -0.343 e. The van der Waals surface area contributed by atoms with Crippen molar-refractivity contribution in [2.24, 2.45) is 0 Å². The van der Waals surface area contributed by atoms with Gasteiger partial charge in [0, 0.05) is 61.5 Å². The number of amides is 1. The van der Waals surface area contributed by atoms with Crippen LogP contribution in [0.1, 0.15) is 42.9 Å². The van der Waals surface area contributed by atoms with Crippen LogP contribution in [0.15, 0.2) is 42.7 Å². The number of piperazine rings is 1. The van der Waals surface area contributed by atoms with E-state index in [4.69, 9.17) is 0 Å². The fraction of sp³-hybridized carbons (Fsp3) is 0.370. The third-order valence-corrected chi connectivity index (χ3v) is 7.39. The molecule has 0 bridgehead atoms. The summed E-state index contributed by atoms with van der Waals surface area (Å²) < 4.78 is 14.8. The predicted molar refractivity (Wildman–Crippen MR) is 139 cm³/mol. The van der Waals surface area contributed by atoms with Crippen LogP contribution in [-0.2, 0) is 11.3 Å². The molecule has 6 rings (SSSR count). The number of aromatic nitrogens is 5. The van der Waals surface area contributed by atoms with Gasteiger partial charge in [-0.15, -0.1) is 0 Å². The van der Waals surface area contributed by atoms with Gasteiger partial charge < -0.3 is 10.2 Å². The van der Waals surface area contributed by atoms with Crippen molar-refractivity contribution >= 4 is 29.1 Å². The van der Waals surface area contributed by atoms with Crippen molar-refractivity contribution in [3.05, 3.63) is 59.8 Å². The number of nitrogens with zero attached hydrogens (tertiary/aromatic N) is 6. The van der Waals surface area contributed by atoms with Gasteiger partial charge in [-0.05, 0) is 36.6 Å². The molecule has 3 aromatic heterocycles. The molecule has 0 atom stereocenters. The predicted octanol–water partition coefficient (Wildman–Crippen LogP) is 4.23. The summed E-state index contributed by atoms with van der Waals surface area (Å²) in [5.41, 5.74) is 4.03. The molecule has 1 saturated heterocycles. The zero-order valence-electron chi connectivity index (χ0n) is 20.5. The number of carbonyl (C=O) groups is 1. The number of halogens is 1. The van der Waals surface area contributed by atoms with Gasteiger partial charge in [-0.2, -0.15) is 5.10 Å². The monoisotopic (exact) mass is 500 g/mol. The molecule has 0 spiro atoms. The second-order valence-corrected chi connectivity index (χ2v) is 9.83. The number of rotatable bonds is 7. The molecule has 2 N–H and O–H groups in total. The average molecular weight is 501 g/mol. The van der Waals surface area contributed by atoms with Crippen molar-refractivity contribution in [2.75, 3.05) is 31.5 Å². The second-order valence-electron chi connectivity index (χ2n) is 9.83. The first-order valence-corrected chi connectivity index (χ1v) is 12.8. The Kier molecular flexibility index (Phi) is 6.48. The third-order valence-electron chi connectivity index (χ3n) is 7.39. The smallest absolute Gasteiger partial charge is 0.229 e. The summed E-state index contributed by atoms with van der Waals surface area (Å²) in [7, 11) is 0. The standard InChI is InChI=1S/C27H29FN8O/c28-22-15-30-27(31-24-8-5-18(14-29-24)16-35-9-11-36(17-37)12-10-35)32-26(22)20-6-7-23-21(13-20)25(34-33-23)19-3-1-2-4-19/h5-8,13-15,17,19H,1-4,9-12,16H2,(H,33,34)(H,29,30,31,32). The van der Waals surface area contributed by atoms with E-state index in [1.165, 1.54) is 19.0 Å². The number of carbonyl (C=O) groups excluding carboxylic acids is 1. The molecule has 37 heavy (non-hydrogen) atoms. The van der Waals surface area contributed by atoms with E-state index in [1.807, 2.05) is 36.5 Å². The normalized spacial score (nSPS) is 16.9. The van der Waals surface area contributed by atoms with Crippen LogP contribution in [0.3, 0.4) is 0 Å². The van der Waals surface area contributed by atoms with Gasteiger partial charge in [-0.3, -0.25) is 14.8 Å². The first-order valence-electron chi connectivity index (χ1n) is 12.8. The Balaban J connectivity index is 1.18. The summed E-state index contributed by atoms with van der Waals surface area (Å²) >= 11 is 0. The number of aromatic amines is 1. The van der Waals surface area contributed by atoms with Crippen LogP contribution >= 0.6 is 0 Å². The fourth-order valence-electron chi connectivity index (χ4n) is 5.32. The van der Waals surface area contributed by atoms with Gasteiger partial charge in [0.15, 0.2) is 5.82 Å². The molecule has 4 heterocycles. The number of hydrogen-bond donors (Lipinski definition) is 2. The summed E-state index contributed by atoms with van der Waals surface area (Å²) in [5.74, 6) is 0.863. The number of pyridine rings is 1. The van der Waals surface area contributed by atoms with Gasteiger partial charge in [0.25, 0.3) is 0 Å². The largest absolute Gasteiger partial charge is 0.343 e. The third kappa shape index (κ3) is 5.01. The van der Waals surface area contributed by atoms with E-state index in [1.54, 1.807) is 4.90 Å². The SMILES string of the molecule is O=CN1CCN(Cc2ccc(Nc3ncc(F)c(-c4ccc5n[nH]c(C6CCCC6)c5c4)n3)nc2)CC1. The maximum absolute atomic E-state index is 14.8. The van der Waals surface area contributed by atoms with Crippen LogP contribution in [-0.4, -0.2) is 67.5 Å². The number of hydrogen-bond acceptors (Lipinski definition) is 7. The lowest BCUT2D eigenvalue weighted by atomic mass is 9.99. The molecule has 1 saturated carbocycles. The quantitative estimate of drug-likeness (QED) is 0.366. The Morgan fingerprint density at radius 2 is 1.89 bits per heavy atom. The molecule has 190 valence electrons. The Hall–Kier alpha value is -3.92. The topological polar surface area (TPSA) is 103 Å². The summed E-state index contributed by atoms with van der Waals surface area (Å²) in [5, 5.41) is 11.8. The second kappa shape index (κ2) is 10.2. The highest BCUT2D eigenvalue weighted by Crippen LogP contribution is 2.37. The zero-order valence-corrected chi connectivity index (χ0v) is 20.5. The van der Waals surface area contributed by atoms with Gasteiger partial charge in [0.1, 0.15) is 11.5 Å². The van der Waals surface area contributed by atoms with E-state index < -0.39 is 5.82 Å². The molecule has 1 aliphatic carbocycles. The highest BCUT2D eigenvalue weighted by Gasteiger charge is 2.22. The number of nitrogens with one attached hydrogen (secondary N) is 2. The fourth-order valence-corrected chi connectivity index (χ4v) is 5.32. The Bertz CT molecular complexity index is 1390. The molecule has 1 aliphatic heterocycles. The van der Waals surface area contributed by atoms with Crippen molar-refractivity contribution in [1.29, 1.82) is 0 Å². The number of H-pyrrole nitrogens is 1. The Labute approximate surface area is 214 Å². The van der Waals surface area contributed by atoms with E-state index in [0.29, 0.717) is 17.3 Å². The van der Waals surface area contributed by atoms with Gasteiger partial charge in [-0.1, -0.05) is 25.0 Å². The molecule has 1 aromatic carbocycles. The minimum absolute atomic E-state index is 0.240. The number of fused-ring (bicyclic) bond motifs is 1. The molecular formula is C27H29FN8O. The minimum atomic E-state index is -0.478. The van der Waals surface area contributed by atoms with Crippen molar-refractivity contribution in [3.8, 4) is 11.3 Å². The Morgan fingerprint density at radius 1 is 1.05 bits per heavy atom. The van der Waals surface area contributed by atoms with Crippen molar-refractivity contribution < 1.29 is 9.18 Å². The van der Waals surface area contributed by atoms with E-state index in [9.17, 15) is 9.18 Å². The van der Waals surface area contributed by atoms with E-state index in [0.717, 1.165) is 74.1 Å². The van der Waals surface area contributed by atoms with Crippen LogP contribution in [0.2, 0.25) is 0 Å². The van der Waals surface area contributed by atoms with Crippen molar-refractivity contribution in [2.45, 2.75) is 38.1 Å². The lowest BCUT2D eigenvalue weighted by Gasteiger charge is -2.32. The van der Waals surface area contributed by atoms with Crippen LogP contribution in [0.4, 0.5) is 16.2 Å². The molecule has 2 fully saturated rings. The summed E-state index contributed by atoms with van der Waals surface area (Å²) in [6.45, 7) is 3.96. The number of benzene rings is 1. The van der Waals surface area contributed by atoms with Crippen LogP contribution in [0.5, 0.6) is 0 Å². The van der Waals surface area contributed by atoms with Crippen molar-refractivity contribution in [3.63, 3.8) is 0 Å². The molecule has 4 aromatic rings. The molecular weight excluding hydrogens is 471 g/mol. The van der Waals surface area contributed by atoms with Crippen molar-refractivity contribution in [1.82, 2.24) is 34.9 Å². The summed E-state index contributed by atoms with van der Waals surface area (Å²) in [4.78, 5) is 28.1. The zero-order chi connectivity index (χ0) is 25.2. The van der Waals surface area contributed by atoms with Gasteiger partial charge in [-0.25, -0.2) is 19.3 Å². The van der Waals surface area contributed by atoms with Gasteiger partial charge >= 0.3 is 0 Å². The van der Waals surface area contributed by atoms with Gasteiger partial charge in [0.2, 0.25) is 12.4 Å². The lowest BCUT2D eigenvalue weighted by Crippen LogP contribution is -2.45. The van der Waals surface area contributed by atoms with E-state index in [2.05, 4.69) is 35.4 Å². The molecule has 2 aliphatic rings. The summed E-state index contributed by atoms with van der Waals surface area (Å²) in [6, 6.07) is 9.60. The van der Waals surface area contributed by atoms with Gasteiger partial charge in [0.05, 0.1) is 11.7 Å². The Morgan fingerprint density at radius 3 is 2.65 bits per heavy atom. The summed E-state index contributed by atoms with van der Waals surface area (Å²) in [6.07, 6.45) is 8.68. The van der Waals surface area contributed by atoms with E-state index >= 15 is 0 Å². The molecule has 9 nitrogen and oxygen atoms in total. The lowest BCUT2D eigenvalue weighted by molar-refractivity contribution is -0.119. The first-order chi connectivity index (χ1) is 18.2. The number of anilines is 2. The van der Waals surface area contributed by atoms with E-state index in [-0.39, 0.29) is 11.6 Å². The van der Waals surface area contributed by atoms with Crippen LogP contribution in [0, 0.1) is 5.82 Å². The average Bonchev–Trinajstić information content (AvgIpc) is 3.61. The highest BCUT2D eigenvalue weighted by atomic mass is 19.1. The van der Waals surface area contributed by atoms with Crippen LogP contribution in [0.25, 0.3) is 22.2 Å². The molecule has 0 radical (unpaired) electrons. The molecule has 1 amide bonds. The molecule has 0 unspecified atom stereocenters. The maximum atomic E-state index is 14.8. The highest BCUT2D eigenvalue weighted by molar-refractivity contribution is 5.86. The first kappa shape index (κ1) is 23.5. The van der Waals surface area contributed by atoms with Crippen LogP contribution < -0.4 is 5.32 Å². The maximum Gasteiger partial charge on any atom is 0.229 e.